The molecule has 0 amide bonds. The number of nitrogens with zero attached hydrogens (tertiary/aromatic N) is 2. The van der Waals surface area contributed by atoms with Crippen LogP contribution in [0.3, 0.4) is 0 Å². The van der Waals surface area contributed by atoms with Gasteiger partial charge in [-0.3, -0.25) is 4.90 Å². The zero-order chi connectivity index (χ0) is 19.6. The zero-order valence-electron chi connectivity index (χ0n) is 15.3. The van der Waals surface area contributed by atoms with Crippen LogP contribution in [-0.2, 0) is 6.42 Å². The molecule has 2 saturated heterocycles. The van der Waals surface area contributed by atoms with E-state index in [-0.39, 0.29) is 25.1 Å². The molecule has 0 aromatic heterocycles. The van der Waals surface area contributed by atoms with Gasteiger partial charge in [-0.25, -0.2) is 8.78 Å². The predicted octanol–water partition coefficient (Wildman–Crippen LogP) is 0.257. The van der Waals surface area contributed by atoms with Crippen LogP contribution in [0.1, 0.15) is 24.8 Å². The Morgan fingerprint density at radius 3 is 2.19 bits per heavy atom. The van der Waals surface area contributed by atoms with Gasteiger partial charge in [0.2, 0.25) is 0 Å². The van der Waals surface area contributed by atoms with Crippen LogP contribution in [0.2, 0.25) is 0 Å². The van der Waals surface area contributed by atoms with E-state index >= 15 is 0 Å². The second-order valence-electron chi connectivity index (χ2n) is 7.48. The van der Waals surface area contributed by atoms with Gasteiger partial charge in [-0.2, -0.15) is 0 Å². The first-order valence-corrected chi connectivity index (χ1v) is 9.54. The van der Waals surface area contributed by atoms with Crippen molar-refractivity contribution in [3.05, 3.63) is 29.3 Å². The lowest BCUT2D eigenvalue weighted by Gasteiger charge is -2.43. The van der Waals surface area contributed by atoms with Gasteiger partial charge in [-0.15, -0.1) is 0 Å². The molecule has 4 atom stereocenters. The van der Waals surface area contributed by atoms with Crippen molar-refractivity contribution in [3.8, 4) is 0 Å². The van der Waals surface area contributed by atoms with E-state index in [1.165, 1.54) is 12.1 Å². The summed E-state index contributed by atoms with van der Waals surface area (Å²) in [6, 6.07) is 1.93. The van der Waals surface area contributed by atoms with Crippen LogP contribution >= 0.6 is 0 Å². The van der Waals surface area contributed by atoms with Crippen molar-refractivity contribution in [3.63, 3.8) is 0 Å². The molecule has 0 saturated carbocycles. The Balaban J connectivity index is 1.70. The van der Waals surface area contributed by atoms with Gasteiger partial charge >= 0.3 is 0 Å². The van der Waals surface area contributed by atoms with Gasteiger partial charge in [-0.05, 0) is 37.8 Å². The number of hydrogen-bond acceptors (Lipinski definition) is 6. The maximum absolute atomic E-state index is 14.5. The highest BCUT2D eigenvalue weighted by Crippen LogP contribution is 2.26. The predicted molar refractivity (Wildman–Crippen MR) is 96.6 cm³/mol. The number of hydrogen-bond donors (Lipinski definition) is 4. The molecular weight excluding hydrogens is 358 g/mol. The molecule has 1 aromatic carbocycles. The molecule has 6 nitrogen and oxygen atoms in total. The van der Waals surface area contributed by atoms with Crippen LogP contribution in [0, 0.1) is 11.6 Å². The number of benzene rings is 1. The van der Waals surface area contributed by atoms with Gasteiger partial charge in [0, 0.05) is 37.4 Å². The maximum atomic E-state index is 14.5. The number of aliphatic hydroxyl groups excluding tert-OH is 4. The van der Waals surface area contributed by atoms with Gasteiger partial charge < -0.3 is 25.3 Å². The zero-order valence-corrected chi connectivity index (χ0v) is 15.3. The number of piperidine rings is 2. The van der Waals surface area contributed by atoms with Crippen LogP contribution in [-0.4, -0.2) is 82.5 Å². The van der Waals surface area contributed by atoms with E-state index in [9.17, 15) is 29.2 Å². The molecule has 2 aliphatic rings. The number of rotatable bonds is 5. The Kier molecular flexibility index (Phi) is 6.65. The molecule has 0 radical (unpaired) electrons. The fourth-order valence-corrected chi connectivity index (χ4v) is 4.05. The number of halogens is 2. The minimum absolute atomic E-state index is 0.0125. The molecule has 2 fully saturated rings. The lowest BCUT2D eigenvalue weighted by molar-refractivity contribution is -0.144. The van der Waals surface area contributed by atoms with Crippen LogP contribution in [0.5, 0.6) is 0 Å². The first-order chi connectivity index (χ1) is 12.9. The highest BCUT2D eigenvalue weighted by atomic mass is 19.1. The van der Waals surface area contributed by atoms with Crippen LogP contribution in [0.15, 0.2) is 12.1 Å². The molecule has 4 N–H and O–H groups in total. The summed E-state index contributed by atoms with van der Waals surface area (Å²) in [6.45, 7) is 1.32. The van der Waals surface area contributed by atoms with Crippen molar-refractivity contribution >= 4 is 5.69 Å². The Hall–Kier alpha value is -1.32. The van der Waals surface area contributed by atoms with E-state index in [4.69, 9.17) is 0 Å². The van der Waals surface area contributed by atoms with E-state index in [1.54, 1.807) is 4.90 Å². The monoisotopic (exact) mass is 386 g/mol. The summed E-state index contributed by atoms with van der Waals surface area (Å²) >= 11 is 0. The van der Waals surface area contributed by atoms with E-state index in [0.29, 0.717) is 5.69 Å². The lowest BCUT2D eigenvalue weighted by atomic mass is 9.93. The van der Waals surface area contributed by atoms with Crippen LogP contribution in [0.25, 0.3) is 0 Å². The number of aliphatic hydroxyl groups is 4. The van der Waals surface area contributed by atoms with E-state index in [2.05, 4.69) is 0 Å². The SMILES string of the molecule is OC[C@H]1[C@@H](O)[C@H](O)[C@@H](O)CN1CCc1c(F)cc(N2CCCCC2)cc1F. The fourth-order valence-electron chi connectivity index (χ4n) is 4.05. The summed E-state index contributed by atoms with van der Waals surface area (Å²) in [4.78, 5) is 3.54. The molecule has 8 heteroatoms. The van der Waals surface area contributed by atoms with Gasteiger partial charge in [0.1, 0.15) is 23.8 Å². The van der Waals surface area contributed by atoms with Gasteiger partial charge in [0.15, 0.2) is 0 Å². The number of β-amino-alcohol motifs (C(OH)–C–C–N with tert-alkyl or cyclic N) is 1. The molecule has 0 unspecified atom stereocenters. The first-order valence-electron chi connectivity index (χ1n) is 9.54. The third kappa shape index (κ3) is 4.41. The summed E-state index contributed by atoms with van der Waals surface area (Å²) in [5.74, 6) is -1.23. The van der Waals surface area contributed by atoms with Crippen molar-refractivity contribution in [2.75, 3.05) is 37.7 Å². The number of anilines is 1. The van der Waals surface area contributed by atoms with E-state index < -0.39 is 42.6 Å². The molecule has 1 aromatic rings. The van der Waals surface area contributed by atoms with E-state index in [1.807, 2.05) is 4.90 Å². The normalized spacial score (nSPS) is 29.9. The van der Waals surface area contributed by atoms with Crippen LogP contribution in [0.4, 0.5) is 14.5 Å². The van der Waals surface area contributed by atoms with Crippen molar-refractivity contribution in [1.82, 2.24) is 4.90 Å². The number of likely N-dealkylation sites (tertiary alicyclic amines) is 1. The smallest absolute Gasteiger partial charge is 0.131 e. The Morgan fingerprint density at radius 1 is 0.963 bits per heavy atom. The first kappa shape index (κ1) is 20.4. The Labute approximate surface area is 157 Å². The Morgan fingerprint density at radius 2 is 1.59 bits per heavy atom. The maximum Gasteiger partial charge on any atom is 0.131 e. The highest BCUT2D eigenvalue weighted by molar-refractivity contribution is 5.49. The van der Waals surface area contributed by atoms with Gasteiger partial charge in [0.25, 0.3) is 0 Å². The summed E-state index contributed by atoms with van der Waals surface area (Å²) in [5, 5.41) is 39.0. The fraction of sp³-hybridized carbons (Fsp3) is 0.684. The van der Waals surface area contributed by atoms with Crippen molar-refractivity contribution in [1.29, 1.82) is 0 Å². The topological polar surface area (TPSA) is 87.4 Å². The largest absolute Gasteiger partial charge is 0.395 e. The highest BCUT2D eigenvalue weighted by Gasteiger charge is 2.40. The average Bonchev–Trinajstić information content (AvgIpc) is 2.66. The summed E-state index contributed by atoms with van der Waals surface area (Å²) in [5.41, 5.74) is 0.496. The quantitative estimate of drug-likeness (QED) is 0.581. The second kappa shape index (κ2) is 8.79. The van der Waals surface area contributed by atoms with Crippen molar-refractivity contribution in [2.45, 2.75) is 50.0 Å². The third-order valence-electron chi connectivity index (χ3n) is 5.71. The molecule has 0 spiro atoms. The summed E-state index contributed by atoms with van der Waals surface area (Å²) in [6.07, 6.45) is -0.667. The minimum Gasteiger partial charge on any atom is -0.395 e. The van der Waals surface area contributed by atoms with E-state index in [0.717, 1.165) is 32.4 Å². The molecule has 27 heavy (non-hydrogen) atoms. The molecule has 0 aliphatic carbocycles. The Bertz CT molecular complexity index is 619. The molecule has 2 aliphatic heterocycles. The molecule has 0 bridgehead atoms. The van der Waals surface area contributed by atoms with Crippen molar-refractivity contribution in [2.24, 2.45) is 0 Å². The molecule has 2 heterocycles. The minimum atomic E-state index is -1.35. The van der Waals surface area contributed by atoms with Crippen LogP contribution < -0.4 is 4.90 Å². The second-order valence-corrected chi connectivity index (χ2v) is 7.48. The van der Waals surface area contributed by atoms with Crippen molar-refractivity contribution < 1.29 is 29.2 Å². The molecular formula is C19H28F2N2O4. The third-order valence-corrected chi connectivity index (χ3v) is 5.71. The molecule has 152 valence electrons. The summed E-state index contributed by atoms with van der Waals surface area (Å²) in [7, 11) is 0. The van der Waals surface area contributed by atoms with Gasteiger partial charge in [0.05, 0.1) is 18.8 Å². The lowest BCUT2D eigenvalue weighted by Crippen LogP contribution is -2.62. The average molecular weight is 386 g/mol. The summed E-state index contributed by atoms with van der Waals surface area (Å²) < 4.78 is 29.1. The standard InChI is InChI=1S/C19H28F2N2O4/c20-14-8-12(22-5-2-1-3-6-22)9-15(21)13(14)4-7-23-10-17(25)19(27)18(26)16(23)11-24/h8-9,16-19,24-27H,1-7,10-11H2/t16-,17-,18+,19+/m0/s1. The molecule has 3 rings (SSSR count). The van der Waals surface area contributed by atoms with Gasteiger partial charge in [-0.1, -0.05) is 0 Å².